The molecule has 19 heavy (non-hydrogen) atoms. The standard InChI is InChI=1S/C16H12O3/c17-13-9-14(18)16-12(13)7-4-8-15(16)19-10-11-5-2-1-3-6-11/h1-8H,9-10H2. The molecule has 0 aliphatic heterocycles. The van der Waals surface area contributed by atoms with Crippen LogP contribution in [0.4, 0.5) is 0 Å². The fourth-order valence-corrected chi connectivity index (χ4v) is 2.24. The average molecular weight is 252 g/mol. The Morgan fingerprint density at radius 1 is 0.895 bits per heavy atom. The number of hydrogen-bond acceptors (Lipinski definition) is 3. The van der Waals surface area contributed by atoms with Gasteiger partial charge >= 0.3 is 0 Å². The quantitative estimate of drug-likeness (QED) is 0.788. The molecule has 0 amide bonds. The third kappa shape index (κ3) is 2.15. The van der Waals surface area contributed by atoms with Crippen LogP contribution in [0.25, 0.3) is 0 Å². The van der Waals surface area contributed by atoms with E-state index in [-0.39, 0.29) is 18.0 Å². The van der Waals surface area contributed by atoms with Crippen molar-refractivity contribution in [1.82, 2.24) is 0 Å². The van der Waals surface area contributed by atoms with Crippen LogP contribution in [-0.4, -0.2) is 11.6 Å². The Morgan fingerprint density at radius 3 is 2.47 bits per heavy atom. The van der Waals surface area contributed by atoms with Crippen molar-refractivity contribution in [3.63, 3.8) is 0 Å². The van der Waals surface area contributed by atoms with Crippen molar-refractivity contribution in [3.05, 3.63) is 65.2 Å². The first-order valence-electron chi connectivity index (χ1n) is 6.12. The van der Waals surface area contributed by atoms with Gasteiger partial charge in [-0.05, 0) is 11.6 Å². The Bertz CT molecular complexity index is 644. The molecule has 0 unspecified atom stereocenters. The molecule has 0 radical (unpaired) electrons. The van der Waals surface area contributed by atoms with E-state index >= 15 is 0 Å². The lowest BCUT2D eigenvalue weighted by Gasteiger charge is -2.09. The second-order valence-electron chi connectivity index (χ2n) is 4.48. The summed E-state index contributed by atoms with van der Waals surface area (Å²) in [6.45, 7) is 0.388. The minimum Gasteiger partial charge on any atom is -0.488 e. The lowest BCUT2D eigenvalue weighted by Crippen LogP contribution is -2.01. The Hall–Kier alpha value is -2.42. The summed E-state index contributed by atoms with van der Waals surface area (Å²) in [5.41, 5.74) is 1.94. The maximum absolute atomic E-state index is 11.8. The third-order valence-electron chi connectivity index (χ3n) is 3.16. The van der Waals surface area contributed by atoms with E-state index in [0.29, 0.717) is 23.5 Å². The van der Waals surface area contributed by atoms with Gasteiger partial charge in [-0.2, -0.15) is 0 Å². The largest absolute Gasteiger partial charge is 0.488 e. The van der Waals surface area contributed by atoms with Crippen LogP contribution in [0.5, 0.6) is 5.75 Å². The number of Topliss-reactive ketones (excluding diaryl/α,β-unsaturated/α-hetero) is 2. The molecule has 0 saturated heterocycles. The summed E-state index contributed by atoms with van der Waals surface area (Å²) >= 11 is 0. The summed E-state index contributed by atoms with van der Waals surface area (Å²) in [6.07, 6.45) is -0.0406. The predicted molar refractivity (Wildman–Crippen MR) is 70.5 cm³/mol. The van der Waals surface area contributed by atoms with Crippen LogP contribution in [-0.2, 0) is 6.61 Å². The van der Waals surface area contributed by atoms with Gasteiger partial charge in [0.1, 0.15) is 12.4 Å². The molecule has 0 saturated carbocycles. The van der Waals surface area contributed by atoms with Crippen molar-refractivity contribution < 1.29 is 14.3 Å². The molecular weight excluding hydrogens is 240 g/mol. The first kappa shape index (κ1) is 11.7. The number of carbonyl (C=O) groups is 2. The van der Waals surface area contributed by atoms with E-state index in [4.69, 9.17) is 4.74 Å². The topological polar surface area (TPSA) is 43.4 Å². The van der Waals surface area contributed by atoms with Gasteiger partial charge in [0, 0.05) is 5.56 Å². The van der Waals surface area contributed by atoms with Gasteiger partial charge in [0.15, 0.2) is 11.6 Å². The Labute approximate surface area is 110 Å². The Balaban J connectivity index is 1.87. The second-order valence-corrected chi connectivity index (χ2v) is 4.48. The van der Waals surface area contributed by atoms with Crippen LogP contribution in [0, 0.1) is 0 Å². The van der Waals surface area contributed by atoms with E-state index < -0.39 is 0 Å². The normalized spacial score (nSPS) is 13.5. The highest BCUT2D eigenvalue weighted by Crippen LogP contribution is 2.30. The Morgan fingerprint density at radius 2 is 1.68 bits per heavy atom. The van der Waals surface area contributed by atoms with Crippen molar-refractivity contribution in [2.45, 2.75) is 13.0 Å². The van der Waals surface area contributed by atoms with E-state index in [1.807, 2.05) is 30.3 Å². The summed E-state index contributed by atoms with van der Waals surface area (Å²) in [5.74, 6) is 0.228. The molecular formula is C16H12O3. The van der Waals surface area contributed by atoms with E-state index in [9.17, 15) is 9.59 Å². The van der Waals surface area contributed by atoms with Crippen molar-refractivity contribution in [2.24, 2.45) is 0 Å². The van der Waals surface area contributed by atoms with Crippen molar-refractivity contribution >= 4 is 11.6 Å². The molecule has 0 atom stereocenters. The molecule has 3 heteroatoms. The number of benzene rings is 2. The number of fused-ring (bicyclic) bond motifs is 1. The highest BCUT2D eigenvalue weighted by molar-refractivity contribution is 6.25. The lowest BCUT2D eigenvalue weighted by molar-refractivity contribution is 0.0922. The third-order valence-corrected chi connectivity index (χ3v) is 3.16. The highest BCUT2D eigenvalue weighted by Gasteiger charge is 2.30. The molecule has 1 aliphatic carbocycles. The fourth-order valence-electron chi connectivity index (χ4n) is 2.24. The van der Waals surface area contributed by atoms with E-state index in [0.717, 1.165) is 5.56 Å². The van der Waals surface area contributed by atoms with Gasteiger partial charge in [0.25, 0.3) is 0 Å². The number of ketones is 2. The molecule has 0 N–H and O–H groups in total. The summed E-state index contributed by atoms with van der Waals surface area (Å²) in [5, 5.41) is 0. The summed E-state index contributed by atoms with van der Waals surface area (Å²) < 4.78 is 5.68. The van der Waals surface area contributed by atoms with Gasteiger partial charge in [-0.15, -0.1) is 0 Å². The van der Waals surface area contributed by atoms with Crippen molar-refractivity contribution in [2.75, 3.05) is 0 Å². The summed E-state index contributed by atoms with van der Waals surface area (Å²) in [7, 11) is 0. The SMILES string of the molecule is O=C1CC(=O)c2c(OCc3ccccc3)cccc21. The van der Waals surface area contributed by atoms with Crippen LogP contribution in [0.1, 0.15) is 32.7 Å². The van der Waals surface area contributed by atoms with E-state index in [1.165, 1.54) is 0 Å². The van der Waals surface area contributed by atoms with Crippen LogP contribution in [0.3, 0.4) is 0 Å². The molecule has 0 bridgehead atoms. The maximum Gasteiger partial charge on any atom is 0.175 e. The first-order valence-corrected chi connectivity index (χ1v) is 6.12. The molecule has 0 fully saturated rings. The highest BCUT2D eigenvalue weighted by atomic mass is 16.5. The number of rotatable bonds is 3. The molecule has 2 aromatic rings. The van der Waals surface area contributed by atoms with Crippen LogP contribution >= 0.6 is 0 Å². The van der Waals surface area contributed by atoms with Crippen LogP contribution in [0.2, 0.25) is 0 Å². The minimum atomic E-state index is -0.149. The number of hydrogen-bond donors (Lipinski definition) is 0. The molecule has 0 heterocycles. The van der Waals surface area contributed by atoms with Gasteiger partial charge in [-0.1, -0.05) is 42.5 Å². The van der Waals surface area contributed by atoms with Gasteiger partial charge in [-0.25, -0.2) is 0 Å². The zero-order valence-corrected chi connectivity index (χ0v) is 10.3. The minimum absolute atomic E-state index is 0.0406. The summed E-state index contributed by atoms with van der Waals surface area (Å²) in [6, 6.07) is 14.9. The molecule has 0 aromatic heterocycles. The van der Waals surface area contributed by atoms with E-state index in [1.54, 1.807) is 18.2 Å². The van der Waals surface area contributed by atoms with Gasteiger partial charge < -0.3 is 4.74 Å². The van der Waals surface area contributed by atoms with Gasteiger partial charge in [-0.3, -0.25) is 9.59 Å². The Kier molecular flexibility index (Phi) is 2.88. The first-order chi connectivity index (χ1) is 9.25. The van der Waals surface area contributed by atoms with Gasteiger partial charge in [0.05, 0.1) is 12.0 Å². The lowest BCUT2D eigenvalue weighted by atomic mass is 10.1. The maximum atomic E-state index is 11.8. The number of carbonyl (C=O) groups excluding carboxylic acids is 2. The predicted octanol–water partition coefficient (Wildman–Crippen LogP) is 3.03. The van der Waals surface area contributed by atoms with Crippen LogP contribution in [0.15, 0.2) is 48.5 Å². The zero-order valence-electron chi connectivity index (χ0n) is 10.3. The van der Waals surface area contributed by atoms with Crippen LogP contribution < -0.4 is 4.74 Å². The average Bonchev–Trinajstić information content (AvgIpc) is 2.74. The molecule has 0 spiro atoms. The number of ether oxygens (including phenoxy) is 1. The molecule has 94 valence electrons. The smallest absolute Gasteiger partial charge is 0.175 e. The van der Waals surface area contributed by atoms with E-state index in [2.05, 4.69) is 0 Å². The molecule has 3 nitrogen and oxygen atoms in total. The zero-order chi connectivity index (χ0) is 13.2. The van der Waals surface area contributed by atoms with Crippen molar-refractivity contribution in [1.29, 1.82) is 0 Å². The summed E-state index contributed by atoms with van der Waals surface area (Å²) in [4.78, 5) is 23.4. The monoisotopic (exact) mass is 252 g/mol. The fraction of sp³-hybridized carbons (Fsp3) is 0.125. The van der Waals surface area contributed by atoms with Crippen molar-refractivity contribution in [3.8, 4) is 5.75 Å². The second kappa shape index (κ2) is 4.69. The molecule has 3 rings (SSSR count). The van der Waals surface area contributed by atoms with Gasteiger partial charge in [0.2, 0.25) is 0 Å². The molecule has 1 aliphatic rings. The molecule has 2 aromatic carbocycles.